The molecule has 0 aliphatic carbocycles. The maximum atomic E-state index is 11.1. The van der Waals surface area contributed by atoms with Crippen LogP contribution in [0.2, 0.25) is 0 Å². The number of benzene rings is 3. The van der Waals surface area contributed by atoms with Crippen LogP contribution in [0.4, 0.5) is 0 Å². The first-order chi connectivity index (χ1) is 14.3. The van der Waals surface area contributed by atoms with Crippen molar-refractivity contribution in [3.8, 4) is 0 Å². The minimum absolute atomic E-state index is 0.0257. The molecule has 0 heterocycles. The molecule has 0 aliphatic heterocycles. The Morgan fingerprint density at radius 3 is 1.62 bits per heavy atom. The number of hydrogen-bond donors (Lipinski definition) is 1. The van der Waals surface area contributed by atoms with E-state index in [1.54, 1.807) is 0 Å². The molecule has 2 atom stereocenters. The lowest BCUT2D eigenvalue weighted by Gasteiger charge is -2.35. The first-order valence-corrected chi connectivity index (χ1v) is 10.4. The van der Waals surface area contributed by atoms with Crippen molar-refractivity contribution in [2.24, 2.45) is 0 Å². The van der Waals surface area contributed by atoms with Crippen LogP contribution in [0.5, 0.6) is 0 Å². The van der Waals surface area contributed by atoms with E-state index in [1.807, 2.05) is 24.3 Å². The molecule has 0 unspecified atom stereocenters. The van der Waals surface area contributed by atoms with Crippen molar-refractivity contribution >= 4 is 0 Å². The molecule has 0 radical (unpaired) electrons. The summed E-state index contributed by atoms with van der Waals surface area (Å²) in [5.41, 5.74) is 3.77. The van der Waals surface area contributed by atoms with E-state index in [1.165, 1.54) is 16.7 Å². The molecule has 2 nitrogen and oxygen atoms in total. The van der Waals surface area contributed by atoms with E-state index in [0.29, 0.717) is 0 Å². The van der Waals surface area contributed by atoms with E-state index in [0.717, 1.165) is 32.4 Å². The summed E-state index contributed by atoms with van der Waals surface area (Å²) in [6.07, 6.45) is 3.83. The van der Waals surface area contributed by atoms with E-state index >= 15 is 0 Å². The van der Waals surface area contributed by atoms with Gasteiger partial charge in [-0.05, 0) is 36.0 Å². The van der Waals surface area contributed by atoms with Gasteiger partial charge in [-0.15, -0.1) is 6.58 Å². The standard InChI is InChI=1S/C27H31NO/c1-2-3-19-27(29)26(20-23-13-7-4-8-14-23)28(21-24-15-9-5-10-16-24)22-25-17-11-6-12-18-25/h2,4-18,26-27,29H,1,3,19-22H2/t26-,27+/m0/s1. The fourth-order valence-electron chi connectivity index (χ4n) is 3.77. The lowest BCUT2D eigenvalue weighted by molar-refractivity contribution is 0.0347. The molecule has 150 valence electrons. The molecule has 0 spiro atoms. The van der Waals surface area contributed by atoms with E-state index in [4.69, 9.17) is 0 Å². The Bertz CT molecular complexity index is 791. The molecule has 1 N–H and O–H groups in total. The summed E-state index contributed by atoms with van der Waals surface area (Å²) in [4.78, 5) is 2.42. The van der Waals surface area contributed by atoms with Crippen LogP contribution in [0.1, 0.15) is 29.5 Å². The lowest BCUT2D eigenvalue weighted by Crippen LogP contribution is -2.44. The Morgan fingerprint density at radius 1 is 0.724 bits per heavy atom. The second-order valence-corrected chi connectivity index (χ2v) is 7.57. The zero-order valence-corrected chi connectivity index (χ0v) is 17.0. The number of aliphatic hydroxyl groups is 1. The van der Waals surface area contributed by atoms with Crippen LogP contribution in [-0.2, 0) is 19.5 Å². The highest BCUT2D eigenvalue weighted by Crippen LogP contribution is 2.21. The molecule has 3 rings (SSSR count). The summed E-state index contributed by atoms with van der Waals surface area (Å²) >= 11 is 0. The van der Waals surface area contributed by atoms with Crippen LogP contribution in [0.15, 0.2) is 104 Å². The van der Waals surface area contributed by atoms with E-state index < -0.39 is 6.10 Å². The predicted molar refractivity (Wildman–Crippen MR) is 122 cm³/mol. The van der Waals surface area contributed by atoms with Gasteiger partial charge in [-0.25, -0.2) is 0 Å². The van der Waals surface area contributed by atoms with Gasteiger partial charge < -0.3 is 5.11 Å². The Balaban J connectivity index is 1.89. The summed E-state index contributed by atoms with van der Waals surface area (Å²) in [6.45, 7) is 5.44. The molecule has 29 heavy (non-hydrogen) atoms. The average molecular weight is 386 g/mol. The first kappa shape index (κ1) is 21.0. The Hall–Kier alpha value is -2.68. The first-order valence-electron chi connectivity index (χ1n) is 10.4. The summed E-state index contributed by atoms with van der Waals surface area (Å²) in [7, 11) is 0. The van der Waals surface area contributed by atoms with Crippen molar-refractivity contribution in [2.45, 2.75) is 44.5 Å². The van der Waals surface area contributed by atoms with Crippen molar-refractivity contribution in [1.29, 1.82) is 0 Å². The second kappa shape index (κ2) is 11.4. The van der Waals surface area contributed by atoms with Gasteiger partial charge in [0.05, 0.1) is 6.10 Å². The van der Waals surface area contributed by atoms with Crippen molar-refractivity contribution in [3.63, 3.8) is 0 Å². The Morgan fingerprint density at radius 2 is 1.17 bits per heavy atom. The van der Waals surface area contributed by atoms with Crippen LogP contribution in [0.25, 0.3) is 0 Å². The number of aliphatic hydroxyl groups excluding tert-OH is 1. The molecule has 2 heteroatoms. The van der Waals surface area contributed by atoms with Gasteiger partial charge >= 0.3 is 0 Å². The molecular formula is C27H31NO. The van der Waals surface area contributed by atoms with Gasteiger partial charge in [0.2, 0.25) is 0 Å². The van der Waals surface area contributed by atoms with Crippen LogP contribution < -0.4 is 0 Å². The van der Waals surface area contributed by atoms with Crippen molar-refractivity contribution in [2.75, 3.05) is 0 Å². The third-order valence-electron chi connectivity index (χ3n) is 5.32. The minimum Gasteiger partial charge on any atom is -0.391 e. The summed E-state index contributed by atoms with van der Waals surface area (Å²) in [6, 6.07) is 31.6. The zero-order valence-electron chi connectivity index (χ0n) is 17.0. The van der Waals surface area contributed by atoms with Gasteiger partial charge in [0.1, 0.15) is 0 Å². The lowest BCUT2D eigenvalue weighted by atomic mass is 9.95. The fourth-order valence-corrected chi connectivity index (χ4v) is 3.77. The maximum absolute atomic E-state index is 11.1. The SMILES string of the molecule is C=CCC[C@@H](O)[C@H](Cc1ccccc1)N(Cc1ccccc1)Cc1ccccc1. The normalized spacial score (nSPS) is 13.2. The Kier molecular flexibility index (Phi) is 8.24. The van der Waals surface area contributed by atoms with Crippen LogP contribution in [0.3, 0.4) is 0 Å². The largest absolute Gasteiger partial charge is 0.391 e. The third-order valence-corrected chi connectivity index (χ3v) is 5.32. The smallest absolute Gasteiger partial charge is 0.0701 e. The van der Waals surface area contributed by atoms with E-state index in [9.17, 15) is 5.11 Å². The van der Waals surface area contributed by atoms with Gasteiger partial charge in [-0.3, -0.25) is 4.90 Å². The van der Waals surface area contributed by atoms with E-state index in [2.05, 4.69) is 84.3 Å². The number of rotatable bonds is 11. The topological polar surface area (TPSA) is 23.5 Å². The third kappa shape index (κ3) is 6.70. The minimum atomic E-state index is -0.416. The summed E-state index contributed by atoms with van der Waals surface area (Å²) in [5.74, 6) is 0. The predicted octanol–water partition coefficient (Wildman–Crippen LogP) is 5.63. The molecule has 0 saturated heterocycles. The fraction of sp³-hybridized carbons (Fsp3) is 0.259. The van der Waals surface area contributed by atoms with Gasteiger partial charge in [0.15, 0.2) is 0 Å². The number of allylic oxidation sites excluding steroid dienone is 1. The highest BCUT2D eigenvalue weighted by Gasteiger charge is 2.26. The molecule has 0 aromatic heterocycles. The molecule has 0 aliphatic rings. The maximum Gasteiger partial charge on any atom is 0.0701 e. The monoisotopic (exact) mass is 385 g/mol. The Labute approximate surface area is 175 Å². The van der Waals surface area contributed by atoms with E-state index in [-0.39, 0.29) is 6.04 Å². The van der Waals surface area contributed by atoms with Gasteiger partial charge in [0, 0.05) is 19.1 Å². The van der Waals surface area contributed by atoms with Gasteiger partial charge in [-0.1, -0.05) is 97.1 Å². The quantitative estimate of drug-likeness (QED) is 0.433. The molecular weight excluding hydrogens is 354 g/mol. The van der Waals surface area contributed by atoms with Crippen molar-refractivity contribution in [1.82, 2.24) is 4.90 Å². The molecule has 3 aromatic carbocycles. The summed E-state index contributed by atoms with van der Waals surface area (Å²) < 4.78 is 0. The number of hydrogen-bond acceptors (Lipinski definition) is 2. The average Bonchev–Trinajstić information content (AvgIpc) is 2.77. The van der Waals surface area contributed by atoms with Crippen LogP contribution in [-0.4, -0.2) is 22.2 Å². The zero-order chi connectivity index (χ0) is 20.3. The molecule has 0 fully saturated rings. The molecule has 0 bridgehead atoms. The highest BCUT2D eigenvalue weighted by atomic mass is 16.3. The molecule has 0 amide bonds. The molecule has 3 aromatic rings. The molecule has 0 saturated carbocycles. The highest BCUT2D eigenvalue weighted by molar-refractivity contribution is 5.20. The number of nitrogens with zero attached hydrogens (tertiary/aromatic N) is 1. The second-order valence-electron chi connectivity index (χ2n) is 7.57. The van der Waals surface area contributed by atoms with Crippen molar-refractivity contribution < 1.29 is 5.11 Å². The van der Waals surface area contributed by atoms with Crippen molar-refractivity contribution in [3.05, 3.63) is 120 Å². The summed E-state index contributed by atoms with van der Waals surface area (Å²) in [5, 5.41) is 11.1. The van der Waals surface area contributed by atoms with Crippen LogP contribution >= 0.6 is 0 Å². The van der Waals surface area contributed by atoms with Gasteiger partial charge in [0.25, 0.3) is 0 Å². The van der Waals surface area contributed by atoms with Gasteiger partial charge in [-0.2, -0.15) is 0 Å². The van der Waals surface area contributed by atoms with Crippen LogP contribution in [0, 0.1) is 0 Å².